The monoisotopic (exact) mass is 574 g/mol. The van der Waals surface area contributed by atoms with Gasteiger partial charge in [0.25, 0.3) is 11.1 Å². The first-order chi connectivity index (χ1) is 15.3. The van der Waals surface area contributed by atoms with Crippen LogP contribution >= 0.6 is 34.4 Å². The number of carbonyl (C=O) groups excluding carboxylic acids is 3. The Labute approximate surface area is 203 Å². The van der Waals surface area contributed by atoms with Crippen LogP contribution in [0.15, 0.2) is 17.0 Å². The van der Waals surface area contributed by atoms with E-state index in [0.717, 1.165) is 42.3 Å². The van der Waals surface area contributed by atoms with Gasteiger partial charge in [-0.3, -0.25) is 19.3 Å². The molecule has 32 heavy (non-hydrogen) atoms. The second-order valence-corrected chi connectivity index (χ2v) is 9.43. The molecule has 0 spiro atoms. The molecule has 0 unspecified atom stereocenters. The van der Waals surface area contributed by atoms with Gasteiger partial charge in [0.05, 0.1) is 15.6 Å². The van der Waals surface area contributed by atoms with Crippen molar-refractivity contribution in [2.24, 2.45) is 0 Å². The van der Waals surface area contributed by atoms with Gasteiger partial charge < -0.3 is 19.5 Å². The topological polar surface area (TPSA) is 113 Å². The van der Waals surface area contributed by atoms with Crippen molar-refractivity contribution in [3.8, 4) is 11.5 Å². The summed E-state index contributed by atoms with van der Waals surface area (Å²) in [4.78, 5) is 51.6. The van der Waals surface area contributed by atoms with Crippen LogP contribution in [0.5, 0.6) is 11.5 Å². The van der Waals surface area contributed by atoms with Crippen LogP contribution in [0.3, 0.4) is 0 Å². The standard InChI is InChI=1S/C21H23IN2O7S/c1-30-15-9-13(8-14(22)19(15)31-12-18(26)27)10-16-20(28)24(21(29)32-16)11-17(25)23-6-4-2-3-5-7-23/h8-10H,2-7,11-12H2,1H3,(H,26,27). The minimum absolute atomic E-state index is 0.204. The molecule has 3 rings (SSSR count). The number of carboxylic acid groups (broad SMARTS) is 1. The van der Waals surface area contributed by atoms with Crippen molar-refractivity contribution in [1.82, 2.24) is 9.80 Å². The molecule has 1 aromatic carbocycles. The van der Waals surface area contributed by atoms with E-state index >= 15 is 0 Å². The number of nitrogens with zero attached hydrogens (tertiary/aromatic N) is 2. The minimum Gasteiger partial charge on any atom is -0.493 e. The molecule has 2 aliphatic rings. The summed E-state index contributed by atoms with van der Waals surface area (Å²) >= 11 is 2.76. The smallest absolute Gasteiger partial charge is 0.341 e. The van der Waals surface area contributed by atoms with Crippen molar-refractivity contribution in [3.63, 3.8) is 0 Å². The molecule has 2 aliphatic heterocycles. The maximum absolute atomic E-state index is 12.8. The highest BCUT2D eigenvalue weighted by Gasteiger charge is 2.37. The molecule has 2 fully saturated rings. The summed E-state index contributed by atoms with van der Waals surface area (Å²) in [7, 11) is 1.42. The highest BCUT2D eigenvalue weighted by atomic mass is 127. The average Bonchev–Trinajstić information content (AvgIpc) is 2.95. The molecule has 1 N–H and O–H groups in total. The van der Waals surface area contributed by atoms with E-state index in [-0.39, 0.29) is 23.1 Å². The van der Waals surface area contributed by atoms with Crippen molar-refractivity contribution in [2.75, 3.05) is 33.4 Å². The van der Waals surface area contributed by atoms with Crippen molar-refractivity contribution >= 4 is 63.5 Å². The summed E-state index contributed by atoms with van der Waals surface area (Å²) < 4.78 is 11.2. The van der Waals surface area contributed by atoms with Gasteiger partial charge >= 0.3 is 5.97 Å². The highest BCUT2D eigenvalue weighted by molar-refractivity contribution is 14.1. The van der Waals surface area contributed by atoms with Gasteiger partial charge in [0.1, 0.15) is 6.54 Å². The lowest BCUT2D eigenvalue weighted by Gasteiger charge is -2.22. The number of hydrogen-bond donors (Lipinski definition) is 1. The van der Waals surface area contributed by atoms with Crippen LogP contribution in [-0.4, -0.2) is 71.3 Å². The van der Waals surface area contributed by atoms with Crippen LogP contribution < -0.4 is 9.47 Å². The maximum atomic E-state index is 12.8. The number of methoxy groups -OCH3 is 1. The number of likely N-dealkylation sites (tertiary alicyclic amines) is 1. The van der Waals surface area contributed by atoms with E-state index in [1.807, 2.05) is 22.6 Å². The zero-order chi connectivity index (χ0) is 23.3. The SMILES string of the molecule is COc1cc(C=C2SC(=O)N(CC(=O)N3CCCCCC3)C2=O)cc(I)c1OCC(=O)O. The van der Waals surface area contributed by atoms with Gasteiger partial charge in [-0.15, -0.1) is 0 Å². The minimum atomic E-state index is -1.12. The summed E-state index contributed by atoms with van der Waals surface area (Å²) in [5.74, 6) is -1.26. The Morgan fingerprint density at radius 1 is 1.19 bits per heavy atom. The van der Waals surface area contributed by atoms with Gasteiger partial charge in [0, 0.05) is 13.1 Å². The summed E-state index contributed by atoms with van der Waals surface area (Å²) in [6.07, 6.45) is 5.57. The lowest BCUT2D eigenvalue weighted by molar-refractivity contribution is -0.139. The van der Waals surface area contributed by atoms with Crippen LogP contribution in [0.25, 0.3) is 6.08 Å². The summed E-state index contributed by atoms with van der Waals surface area (Å²) in [6.45, 7) is 0.527. The van der Waals surface area contributed by atoms with Gasteiger partial charge in [-0.05, 0) is 71.0 Å². The fraction of sp³-hybridized carbons (Fsp3) is 0.429. The molecule has 0 aliphatic carbocycles. The fourth-order valence-electron chi connectivity index (χ4n) is 3.44. The molecule has 2 heterocycles. The zero-order valence-electron chi connectivity index (χ0n) is 17.5. The molecule has 2 saturated heterocycles. The number of amides is 3. The Kier molecular flexibility index (Phi) is 8.40. The molecule has 9 nitrogen and oxygen atoms in total. The molecule has 0 atom stereocenters. The van der Waals surface area contributed by atoms with Gasteiger partial charge in [0.2, 0.25) is 5.91 Å². The Morgan fingerprint density at radius 3 is 2.50 bits per heavy atom. The molecule has 172 valence electrons. The predicted molar refractivity (Wildman–Crippen MR) is 127 cm³/mol. The fourth-order valence-corrected chi connectivity index (χ4v) is 5.06. The van der Waals surface area contributed by atoms with Crippen LogP contribution in [0, 0.1) is 3.57 Å². The van der Waals surface area contributed by atoms with Gasteiger partial charge in [-0.1, -0.05) is 12.8 Å². The molecule has 0 radical (unpaired) electrons. The normalized spacial score (nSPS) is 18.1. The Balaban J connectivity index is 1.75. The van der Waals surface area contributed by atoms with Crippen molar-refractivity contribution < 1.29 is 33.8 Å². The number of hydrogen-bond acceptors (Lipinski definition) is 7. The molecular weight excluding hydrogens is 551 g/mol. The van der Waals surface area contributed by atoms with Crippen LogP contribution in [0.1, 0.15) is 31.2 Å². The number of halogens is 1. The third kappa shape index (κ3) is 5.94. The number of ether oxygens (including phenoxy) is 2. The van der Waals surface area contributed by atoms with Crippen molar-refractivity contribution in [2.45, 2.75) is 25.7 Å². The van der Waals surface area contributed by atoms with E-state index in [4.69, 9.17) is 14.6 Å². The Bertz CT molecular complexity index is 958. The first kappa shape index (κ1) is 24.4. The number of aliphatic carboxylic acids is 1. The van der Waals surface area contributed by atoms with Gasteiger partial charge in [0.15, 0.2) is 18.1 Å². The number of carboxylic acids is 1. The second kappa shape index (κ2) is 11.0. The number of thioether (sulfide) groups is 1. The Morgan fingerprint density at radius 2 is 1.88 bits per heavy atom. The third-order valence-corrected chi connectivity index (χ3v) is 6.72. The van der Waals surface area contributed by atoms with E-state index in [1.54, 1.807) is 23.1 Å². The maximum Gasteiger partial charge on any atom is 0.341 e. The lowest BCUT2D eigenvalue weighted by atomic mass is 10.2. The third-order valence-electron chi connectivity index (χ3n) is 5.02. The number of imide groups is 1. The Hall–Kier alpha value is -2.28. The second-order valence-electron chi connectivity index (χ2n) is 7.28. The summed E-state index contributed by atoms with van der Waals surface area (Å²) in [5.41, 5.74) is 0.582. The predicted octanol–water partition coefficient (Wildman–Crippen LogP) is 3.20. The van der Waals surface area contributed by atoms with Gasteiger partial charge in [-0.25, -0.2) is 4.79 Å². The highest BCUT2D eigenvalue weighted by Crippen LogP contribution is 2.37. The average molecular weight is 574 g/mol. The summed E-state index contributed by atoms with van der Waals surface area (Å²) in [5, 5.41) is 8.35. The molecule has 1 aromatic rings. The number of benzene rings is 1. The molecule has 0 saturated carbocycles. The molecule has 0 bridgehead atoms. The van der Waals surface area contributed by atoms with E-state index in [0.29, 0.717) is 28.0 Å². The first-order valence-electron chi connectivity index (χ1n) is 10.1. The summed E-state index contributed by atoms with van der Waals surface area (Å²) in [6, 6.07) is 3.28. The molecule has 0 aromatic heterocycles. The van der Waals surface area contributed by atoms with Crippen LogP contribution in [0.2, 0.25) is 0 Å². The van der Waals surface area contributed by atoms with E-state index < -0.39 is 23.7 Å². The number of rotatable bonds is 7. The first-order valence-corrected chi connectivity index (χ1v) is 11.9. The molecule has 3 amide bonds. The van der Waals surface area contributed by atoms with E-state index in [9.17, 15) is 19.2 Å². The lowest BCUT2D eigenvalue weighted by Crippen LogP contribution is -2.42. The van der Waals surface area contributed by atoms with Crippen molar-refractivity contribution in [3.05, 3.63) is 26.2 Å². The zero-order valence-corrected chi connectivity index (χ0v) is 20.4. The molecule has 11 heteroatoms. The van der Waals surface area contributed by atoms with Crippen LogP contribution in [-0.2, 0) is 14.4 Å². The van der Waals surface area contributed by atoms with Gasteiger partial charge in [-0.2, -0.15) is 0 Å². The van der Waals surface area contributed by atoms with Crippen LogP contribution in [0.4, 0.5) is 4.79 Å². The largest absolute Gasteiger partial charge is 0.493 e. The quantitative estimate of drug-likeness (QED) is 0.391. The van der Waals surface area contributed by atoms with Crippen molar-refractivity contribution in [1.29, 1.82) is 0 Å². The number of carbonyl (C=O) groups is 4. The molecular formula is C21H23IN2O7S. The van der Waals surface area contributed by atoms with E-state index in [2.05, 4.69) is 0 Å². The van der Waals surface area contributed by atoms with E-state index in [1.165, 1.54) is 7.11 Å².